The predicted octanol–water partition coefficient (Wildman–Crippen LogP) is 6.21. The zero-order valence-corrected chi connectivity index (χ0v) is 17.2. The van der Waals surface area contributed by atoms with E-state index in [1.165, 1.54) is 82.6 Å². The molecule has 2 aliphatic rings. The molecular weight excluding hydrogens is 324 g/mol. The summed E-state index contributed by atoms with van der Waals surface area (Å²) in [6, 6.07) is 0. The van der Waals surface area contributed by atoms with Crippen LogP contribution in [0.4, 0.5) is 0 Å². The summed E-state index contributed by atoms with van der Waals surface area (Å²) < 4.78 is 11.2. The van der Waals surface area contributed by atoms with Crippen LogP contribution in [-0.2, 0) is 14.3 Å². The van der Waals surface area contributed by atoms with E-state index in [0.717, 1.165) is 18.4 Å². The summed E-state index contributed by atoms with van der Waals surface area (Å²) in [4.78, 5) is 12.9. The van der Waals surface area contributed by atoms with E-state index in [2.05, 4.69) is 6.92 Å². The third kappa shape index (κ3) is 6.72. The van der Waals surface area contributed by atoms with Crippen LogP contribution in [0.3, 0.4) is 0 Å². The summed E-state index contributed by atoms with van der Waals surface area (Å²) >= 11 is 0. The number of allylic oxidation sites excluding steroid dienone is 1. The number of hydrogen-bond donors (Lipinski definition) is 0. The van der Waals surface area contributed by atoms with Gasteiger partial charge in [0.25, 0.3) is 0 Å². The smallest absolute Gasteiger partial charge is 0.336 e. The van der Waals surface area contributed by atoms with E-state index in [9.17, 15) is 4.79 Å². The van der Waals surface area contributed by atoms with Crippen LogP contribution in [0.2, 0.25) is 0 Å². The molecular formula is C23H40O3. The zero-order valence-electron chi connectivity index (χ0n) is 17.2. The molecule has 0 aromatic heterocycles. The second-order valence-electron chi connectivity index (χ2n) is 8.23. The standard InChI is InChI=1S/C23H40O3/c1-3-4-5-12-17-26-23(24)21(18-25-2)22(19-13-8-6-9-14-19)20-15-10-7-11-16-20/h19-20H,3-18H2,1-2H3. The fourth-order valence-corrected chi connectivity index (χ4v) is 4.84. The van der Waals surface area contributed by atoms with Gasteiger partial charge in [-0.15, -0.1) is 0 Å². The molecule has 0 bridgehead atoms. The molecule has 0 N–H and O–H groups in total. The third-order valence-electron chi connectivity index (χ3n) is 6.20. The van der Waals surface area contributed by atoms with Gasteiger partial charge in [0.05, 0.1) is 18.8 Å². The molecule has 3 nitrogen and oxygen atoms in total. The van der Waals surface area contributed by atoms with E-state index < -0.39 is 0 Å². The number of ether oxygens (including phenoxy) is 2. The minimum absolute atomic E-state index is 0.102. The Balaban J connectivity index is 2.13. The Labute approximate surface area is 160 Å². The highest BCUT2D eigenvalue weighted by Crippen LogP contribution is 2.41. The highest BCUT2D eigenvalue weighted by Gasteiger charge is 2.31. The lowest BCUT2D eigenvalue weighted by Crippen LogP contribution is -2.25. The highest BCUT2D eigenvalue weighted by atomic mass is 16.5. The Morgan fingerprint density at radius 1 is 0.846 bits per heavy atom. The number of carbonyl (C=O) groups is 1. The summed E-state index contributed by atoms with van der Waals surface area (Å²) in [5, 5.41) is 0. The topological polar surface area (TPSA) is 35.5 Å². The van der Waals surface area contributed by atoms with Crippen LogP contribution < -0.4 is 0 Å². The van der Waals surface area contributed by atoms with Crippen molar-refractivity contribution in [3.8, 4) is 0 Å². The Morgan fingerprint density at radius 2 is 1.42 bits per heavy atom. The lowest BCUT2D eigenvalue weighted by Gasteiger charge is -2.34. The van der Waals surface area contributed by atoms with Crippen LogP contribution in [0.15, 0.2) is 11.1 Å². The molecule has 0 saturated heterocycles. The largest absolute Gasteiger partial charge is 0.462 e. The van der Waals surface area contributed by atoms with Crippen LogP contribution in [-0.4, -0.2) is 26.3 Å². The van der Waals surface area contributed by atoms with Gasteiger partial charge in [0.2, 0.25) is 0 Å². The first kappa shape index (κ1) is 21.5. The summed E-state index contributed by atoms with van der Waals surface area (Å²) in [6.45, 7) is 3.16. The van der Waals surface area contributed by atoms with E-state index >= 15 is 0 Å². The van der Waals surface area contributed by atoms with Gasteiger partial charge in [-0.05, 0) is 43.9 Å². The normalized spacial score (nSPS) is 19.3. The minimum atomic E-state index is -0.102. The summed E-state index contributed by atoms with van der Waals surface area (Å²) in [6.07, 6.45) is 17.4. The number of carbonyl (C=O) groups excluding carboxylic acids is 1. The van der Waals surface area contributed by atoms with Crippen LogP contribution in [0.25, 0.3) is 0 Å². The molecule has 2 saturated carbocycles. The quantitative estimate of drug-likeness (QED) is 0.262. The summed E-state index contributed by atoms with van der Waals surface area (Å²) in [5.74, 6) is 1.05. The first-order valence-corrected chi connectivity index (χ1v) is 11.2. The fourth-order valence-electron chi connectivity index (χ4n) is 4.84. The summed E-state index contributed by atoms with van der Waals surface area (Å²) in [5.41, 5.74) is 2.28. The Hall–Kier alpha value is -0.830. The van der Waals surface area contributed by atoms with Crippen LogP contribution in [0.1, 0.15) is 96.8 Å². The Morgan fingerprint density at radius 3 is 1.92 bits per heavy atom. The molecule has 0 aromatic rings. The molecule has 0 atom stereocenters. The van der Waals surface area contributed by atoms with Gasteiger partial charge in [-0.2, -0.15) is 0 Å². The van der Waals surface area contributed by atoms with E-state index in [1.54, 1.807) is 7.11 Å². The van der Waals surface area contributed by atoms with Crippen LogP contribution >= 0.6 is 0 Å². The molecule has 0 spiro atoms. The minimum Gasteiger partial charge on any atom is -0.462 e. The molecule has 0 aromatic carbocycles. The monoisotopic (exact) mass is 364 g/mol. The fraction of sp³-hybridized carbons (Fsp3) is 0.870. The number of esters is 1. The number of rotatable bonds is 10. The van der Waals surface area contributed by atoms with Crippen molar-refractivity contribution in [1.29, 1.82) is 0 Å². The molecule has 0 aliphatic heterocycles. The average Bonchev–Trinajstić information content (AvgIpc) is 2.69. The van der Waals surface area contributed by atoms with Crippen molar-refractivity contribution in [3.05, 3.63) is 11.1 Å². The van der Waals surface area contributed by atoms with Crippen LogP contribution in [0, 0.1) is 11.8 Å². The lowest BCUT2D eigenvalue weighted by molar-refractivity contribution is -0.140. The van der Waals surface area contributed by atoms with E-state index in [-0.39, 0.29) is 5.97 Å². The lowest BCUT2D eigenvalue weighted by atomic mass is 9.72. The van der Waals surface area contributed by atoms with Crippen LogP contribution in [0.5, 0.6) is 0 Å². The van der Waals surface area contributed by atoms with Crippen molar-refractivity contribution in [2.75, 3.05) is 20.3 Å². The first-order chi connectivity index (χ1) is 12.8. The van der Waals surface area contributed by atoms with Gasteiger partial charge < -0.3 is 9.47 Å². The van der Waals surface area contributed by atoms with Crippen molar-refractivity contribution in [3.63, 3.8) is 0 Å². The van der Waals surface area contributed by atoms with Gasteiger partial charge in [0.1, 0.15) is 0 Å². The van der Waals surface area contributed by atoms with Crippen molar-refractivity contribution in [1.82, 2.24) is 0 Å². The molecule has 26 heavy (non-hydrogen) atoms. The van der Waals surface area contributed by atoms with Gasteiger partial charge in [-0.3, -0.25) is 0 Å². The Bertz CT molecular complexity index is 409. The summed E-state index contributed by atoms with van der Waals surface area (Å²) in [7, 11) is 1.70. The van der Waals surface area contributed by atoms with Gasteiger partial charge in [0.15, 0.2) is 0 Å². The first-order valence-electron chi connectivity index (χ1n) is 11.2. The second-order valence-corrected chi connectivity index (χ2v) is 8.23. The molecule has 150 valence electrons. The second kappa shape index (κ2) is 12.5. The van der Waals surface area contributed by atoms with Crippen molar-refractivity contribution < 1.29 is 14.3 Å². The van der Waals surface area contributed by atoms with Gasteiger partial charge in [0, 0.05) is 7.11 Å². The highest BCUT2D eigenvalue weighted by molar-refractivity contribution is 5.90. The molecule has 2 aliphatic carbocycles. The molecule has 3 heteroatoms. The molecule has 0 unspecified atom stereocenters. The molecule has 0 heterocycles. The van der Waals surface area contributed by atoms with Crippen molar-refractivity contribution in [2.45, 2.75) is 96.8 Å². The van der Waals surface area contributed by atoms with Crippen molar-refractivity contribution in [2.24, 2.45) is 11.8 Å². The zero-order chi connectivity index (χ0) is 18.6. The maximum absolute atomic E-state index is 12.9. The van der Waals surface area contributed by atoms with E-state index in [4.69, 9.17) is 9.47 Å². The SMILES string of the molecule is CCCCCCOC(=O)C(COC)=C(C1CCCCC1)C1CCCCC1. The maximum Gasteiger partial charge on any atom is 0.336 e. The predicted molar refractivity (Wildman–Crippen MR) is 107 cm³/mol. The molecule has 2 rings (SSSR count). The molecule has 2 fully saturated rings. The Kier molecular flexibility index (Phi) is 10.4. The van der Waals surface area contributed by atoms with Gasteiger partial charge >= 0.3 is 5.97 Å². The van der Waals surface area contributed by atoms with E-state index in [0.29, 0.717) is 25.0 Å². The molecule has 0 radical (unpaired) electrons. The number of methoxy groups -OCH3 is 1. The number of unbranched alkanes of at least 4 members (excludes halogenated alkanes) is 3. The van der Waals surface area contributed by atoms with Gasteiger partial charge in [-0.1, -0.05) is 70.3 Å². The molecule has 0 amide bonds. The third-order valence-corrected chi connectivity index (χ3v) is 6.20. The van der Waals surface area contributed by atoms with Gasteiger partial charge in [-0.25, -0.2) is 4.79 Å². The van der Waals surface area contributed by atoms with E-state index in [1.807, 2.05) is 0 Å². The average molecular weight is 365 g/mol. The maximum atomic E-state index is 12.9. The van der Waals surface area contributed by atoms with Crippen molar-refractivity contribution >= 4 is 5.97 Å². The number of hydrogen-bond acceptors (Lipinski definition) is 3.